The Labute approximate surface area is 187 Å². The van der Waals surface area contributed by atoms with E-state index in [0.717, 1.165) is 59.5 Å². The van der Waals surface area contributed by atoms with E-state index in [2.05, 4.69) is 62.8 Å². The summed E-state index contributed by atoms with van der Waals surface area (Å²) in [6.07, 6.45) is 1.89. The summed E-state index contributed by atoms with van der Waals surface area (Å²) in [5, 5.41) is 9.88. The molecule has 3 rings (SSSR count). The van der Waals surface area contributed by atoms with Crippen LogP contribution >= 0.6 is 35.3 Å². The van der Waals surface area contributed by atoms with Crippen LogP contribution in [0, 0.1) is 0 Å². The van der Waals surface area contributed by atoms with Gasteiger partial charge < -0.3 is 15.6 Å². The van der Waals surface area contributed by atoms with Crippen molar-refractivity contribution in [3.8, 4) is 0 Å². The van der Waals surface area contributed by atoms with Crippen molar-refractivity contribution >= 4 is 52.3 Å². The van der Waals surface area contributed by atoms with Crippen LogP contribution < -0.4 is 10.6 Å². The van der Waals surface area contributed by atoms with Crippen LogP contribution in [0.4, 0.5) is 0 Å². The molecule has 0 fully saturated rings. The summed E-state index contributed by atoms with van der Waals surface area (Å²) in [5.74, 6) is 2.33. The van der Waals surface area contributed by atoms with Crippen LogP contribution in [0.25, 0.3) is 11.0 Å². The topological polar surface area (TPSA) is 78.0 Å². The first-order chi connectivity index (χ1) is 13.2. The first kappa shape index (κ1) is 22.6. The van der Waals surface area contributed by atoms with E-state index >= 15 is 0 Å². The zero-order valence-corrected chi connectivity index (χ0v) is 19.8. The number of halogens is 1. The van der Waals surface area contributed by atoms with Gasteiger partial charge in [-0.25, -0.2) is 15.0 Å². The highest BCUT2D eigenvalue weighted by atomic mass is 127. The standard InChI is InChI=1S/C20H28N6S.HI/c1-4-21-20(23-12-19-26-17(13-27-19)14(2)3)22-11-7-10-18-24-15-8-5-6-9-16(15)25-18;/h5-6,8-9,13-14H,4,7,10-12H2,1-3H3,(H,24,25)(H2,21,22,23);1H. The van der Waals surface area contributed by atoms with E-state index in [1.165, 1.54) is 0 Å². The molecule has 6 nitrogen and oxygen atoms in total. The molecule has 8 heteroatoms. The Morgan fingerprint density at radius 2 is 2.04 bits per heavy atom. The molecule has 0 aliphatic carbocycles. The van der Waals surface area contributed by atoms with Crippen LogP contribution in [0.15, 0.2) is 34.6 Å². The molecule has 2 heterocycles. The summed E-state index contributed by atoms with van der Waals surface area (Å²) in [6, 6.07) is 8.13. The molecule has 0 bridgehead atoms. The maximum Gasteiger partial charge on any atom is 0.191 e. The van der Waals surface area contributed by atoms with Gasteiger partial charge in [0.2, 0.25) is 0 Å². The number of aromatic amines is 1. The van der Waals surface area contributed by atoms with Gasteiger partial charge in [0.25, 0.3) is 0 Å². The van der Waals surface area contributed by atoms with Gasteiger partial charge >= 0.3 is 0 Å². The normalized spacial score (nSPS) is 11.6. The smallest absolute Gasteiger partial charge is 0.191 e. The molecule has 0 atom stereocenters. The van der Waals surface area contributed by atoms with Gasteiger partial charge in [-0.2, -0.15) is 0 Å². The Kier molecular flexibility index (Phi) is 9.17. The molecule has 28 heavy (non-hydrogen) atoms. The predicted molar refractivity (Wildman–Crippen MR) is 129 cm³/mol. The number of guanidine groups is 1. The summed E-state index contributed by atoms with van der Waals surface area (Å²) in [7, 11) is 0. The van der Waals surface area contributed by atoms with Crippen molar-refractivity contribution in [3.05, 3.63) is 46.2 Å². The largest absolute Gasteiger partial charge is 0.357 e. The van der Waals surface area contributed by atoms with E-state index in [9.17, 15) is 0 Å². The van der Waals surface area contributed by atoms with Crippen LogP contribution in [0.1, 0.15) is 49.6 Å². The maximum absolute atomic E-state index is 4.65. The van der Waals surface area contributed by atoms with Gasteiger partial charge in [0.05, 0.1) is 23.3 Å². The molecule has 0 saturated heterocycles. The first-order valence-corrected chi connectivity index (χ1v) is 10.4. The molecule has 3 aromatic rings. The second kappa shape index (κ2) is 11.4. The van der Waals surface area contributed by atoms with Crippen molar-refractivity contribution in [1.29, 1.82) is 0 Å². The molecule has 0 aliphatic rings. The van der Waals surface area contributed by atoms with Gasteiger partial charge in [-0.1, -0.05) is 26.0 Å². The van der Waals surface area contributed by atoms with Crippen molar-refractivity contribution in [2.45, 2.75) is 46.1 Å². The van der Waals surface area contributed by atoms with Gasteiger partial charge in [0.15, 0.2) is 5.96 Å². The number of nitrogens with one attached hydrogen (secondary N) is 3. The Morgan fingerprint density at radius 1 is 1.21 bits per heavy atom. The molecule has 3 N–H and O–H groups in total. The summed E-state index contributed by atoms with van der Waals surface area (Å²) in [6.45, 7) is 8.69. The molecular formula is C20H29IN6S. The maximum atomic E-state index is 4.65. The Morgan fingerprint density at radius 3 is 2.75 bits per heavy atom. The number of imidazole rings is 1. The molecule has 1 aromatic carbocycles. The lowest BCUT2D eigenvalue weighted by molar-refractivity contribution is 0.726. The van der Waals surface area contributed by atoms with Crippen molar-refractivity contribution in [2.24, 2.45) is 4.99 Å². The molecule has 0 saturated carbocycles. The summed E-state index contributed by atoms with van der Waals surface area (Å²) in [4.78, 5) is 17.3. The quantitative estimate of drug-likeness (QED) is 0.180. The van der Waals surface area contributed by atoms with Crippen LogP contribution in [0.3, 0.4) is 0 Å². The second-order valence-electron chi connectivity index (χ2n) is 6.75. The van der Waals surface area contributed by atoms with Gasteiger partial charge in [-0.05, 0) is 31.4 Å². The fraction of sp³-hybridized carbons (Fsp3) is 0.450. The number of rotatable bonds is 8. The molecule has 0 radical (unpaired) electrons. The molecule has 2 aromatic heterocycles. The number of aliphatic imine (C=N–C) groups is 1. The number of aromatic nitrogens is 3. The van der Waals surface area contributed by atoms with E-state index < -0.39 is 0 Å². The van der Waals surface area contributed by atoms with Crippen molar-refractivity contribution < 1.29 is 0 Å². The van der Waals surface area contributed by atoms with Crippen LogP contribution in [0.5, 0.6) is 0 Å². The van der Waals surface area contributed by atoms with Crippen LogP contribution in [-0.4, -0.2) is 34.0 Å². The van der Waals surface area contributed by atoms with E-state index in [0.29, 0.717) is 12.5 Å². The van der Waals surface area contributed by atoms with Crippen molar-refractivity contribution in [2.75, 3.05) is 13.1 Å². The lowest BCUT2D eigenvalue weighted by Crippen LogP contribution is -2.37. The first-order valence-electron chi connectivity index (χ1n) is 9.55. The van der Waals surface area contributed by atoms with E-state index in [1.54, 1.807) is 11.3 Å². The van der Waals surface area contributed by atoms with E-state index in [1.807, 2.05) is 18.2 Å². The Balaban J connectivity index is 0.00000280. The van der Waals surface area contributed by atoms with Gasteiger partial charge in [0, 0.05) is 24.9 Å². The molecular weight excluding hydrogens is 483 g/mol. The number of aryl methyl sites for hydroxylation is 1. The average Bonchev–Trinajstić information content (AvgIpc) is 3.29. The number of hydrogen-bond acceptors (Lipinski definition) is 4. The number of fused-ring (bicyclic) bond motifs is 1. The van der Waals surface area contributed by atoms with Crippen molar-refractivity contribution in [1.82, 2.24) is 25.6 Å². The highest BCUT2D eigenvalue weighted by molar-refractivity contribution is 14.0. The average molecular weight is 512 g/mol. The lowest BCUT2D eigenvalue weighted by Gasteiger charge is -2.10. The van der Waals surface area contributed by atoms with Gasteiger partial charge in [0.1, 0.15) is 10.8 Å². The summed E-state index contributed by atoms with van der Waals surface area (Å²) in [5.41, 5.74) is 3.27. The Hall–Kier alpha value is -1.68. The minimum absolute atomic E-state index is 0. The number of thiazole rings is 1. The van der Waals surface area contributed by atoms with E-state index in [4.69, 9.17) is 0 Å². The highest BCUT2D eigenvalue weighted by Crippen LogP contribution is 2.18. The fourth-order valence-electron chi connectivity index (χ4n) is 2.74. The third-order valence-electron chi connectivity index (χ3n) is 4.20. The number of hydrogen-bond donors (Lipinski definition) is 3. The zero-order chi connectivity index (χ0) is 19.1. The monoisotopic (exact) mass is 512 g/mol. The molecule has 152 valence electrons. The van der Waals surface area contributed by atoms with Gasteiger partial charge in [-0.15, -0.1) is 35.3 Å². The number of H-pyrrole nitrogens is 1. The van der Waals surface area contributed by atoms with E-state index in [-0.39, 0.29) is 24.0 Å². The third-order valence-corrected chi connectivity index (χ3v) is 5.05. The SMILES string of the molecule is CCNC(=NCc1nc(C(C)C)cs1)NCCCc1nc2ccccc2[nH]1.I. The summed E-state index contributed by atoms with van der Waals surface area (Å²) >= 11 is 1.68. The zero-order valence-electron chi connectivity index (χ0n) is 16.7. The fourth-order valence-corrected chi connectivity index (χ4v) is 3.62. The minimum atomic E-state index is 0. The molecule has 0 unspecified atom stereocenters. The van der Waals surface area contributed by atoms with Crippen LogP contribution in [-0.2, 0) is 13.0 Å². The minimum Gasteiger partial charge on any atom is -0.357 e. The summed E-state index contributed by atoms with van der Waals surface area (Å²) < 4.78 is 0. The number of para-hydroxylation sites is 2. The third kappa shape index (κ3) is 6.44. The van der Waals surface area contributed by atoms with Crippen LogP contribution in [0.2, 0.25) is 0 Å². The number of nitrogens with zero attached hydrogens (tertiary/aromatic N) is 3. The highest BCUT2D eigenvalue weighted by Gasteiger charge is 2.06. The lowest BCUT2D eigenvalue weighted by atomic mass is 10.2. The molecule has 0 spiro atoms. The van der Waals surface area contributed by atoms with Gasteiger partial charge in [-0.3, -0.25) is 0 Å². The molecule has 0 aliphatic heterocycles. The predicted octanol–water partition coefficient (Wildman–Crippen LogP) is 4.45. The van der Waals surface area contributed by atoms with Crippen molar-refractivity contribution in [3.63, 3.8) is 0 Å². The Bertz CT molecular complexity index is 853. The molecule has 0 amide bonds. The number of benzene rings is 1. The second-order valence-corrected chi connectivity index (χ2v) is 7.69.